The van der Waals surface area contributed by atoms with Crippen molar-refractivity contribution in [3.8, 4) is 5.75 Å². The highest BCUT2D eigenvalue weighted by Crippen LogP contribution is 2.29. The van der Waals surface area contributed by atoms with Gasteiger partial charge in [0.2, 0.25) is 0 Å². The van der Waals surface area contributed by atoms with Gasteiger partial charge in [-0.25, -0.2) is 0 Å². The van der Waals surface area contributed by atoms with E-state index in [4.69, 9.17) is 4.74 Å². The molecule has 2 aromatic rings. The van der Waals surface area contributed by atoms with Crippen LogP contribution in [0, 0.1) is 20.8 Å². The Labute approximate surface area is 120 Å². The number of aromatic nitrogens is 2. The molecule has 0 aliphatic rings. The van der Waals surface area contributed by atoms with E-state index in [2.05, 4.69) is 41.3 Å². The highest BCUT2D eigenvalue weighted by Gasteiger charge is 2.17. The molecule has 4 heteroatoms. The number of methoxy groups -OCH3 is 1. The summed E-state index contributed by atoms with van der Waals surface area (Å²) in [5.74, 6) is 0.913. The third-order valence-corrected chi connectivity index (χ3v) is 3.48. The molecule has 2 rings (SSSR count). The molecule has 4 nitrogen and oxygen atoms in total. The van der Waals surface area contributed by atoms with E-state index in [9.17, 15) is 0 Å². The van der Waals surface area contributed by atoms with Crippen LogP contribution in [-0.4, -0.2) is 24.1 Å². The number of nitrogens with zero attached hydrogens (tertiary/aromatic N) is 2. The fourth-order valence-corrected chi connectivity index (χ4v) is 2.36. The van der Waals surface area contributed by atoms with Crippen LogP contribution in [0.25, 0.3) is 0 Å². The number of benzene rings is 1. The lowest BCUT2D eigenvalue weighted by atomic mass is 9.96. The van der Waals surface area contributed by atoms with Gasteiger partial charge in [-0.3, -0.25) is 9.97 Å². The summed E-state index contributed by atoms with van der Waals surface area (Å²) in [6, 6.07) is 4.25. The molecule has 0 aliphatic heterocycles. The minimum Gasteiger partial charge on any atom is -0.496 e. The Bertz CT molecular complexity index is 593. The van der Waals surface area contributed by atoms with Crippen molar-refractivity contribution in [2.45, 2.75) is 26.8 Å². The zero-order valence-corrected chi connectivity index (χ0v) is 12.7. The molecule has 1 unspecified atom stereocenters. The van der Waals surface area contributed by atoms with Crippen molar-refractivity contribution in [1.29, 1.82) is 0 Å². The first-order chi connectivity index (χ1) is 9.56. The SMILES string of the molecule is CNC(c1cnc(C)cn1)c1cc(C)c(OC)cc1C. The molecule has 0 amide bonds. The number of hydrogen-bond acceptors (Lipinski definition) is 4. The zero-order valence-electron chi connectivity index (χ0n) is 12.7. The van der Waals surface area contributed by atoms with E-state index in [-0.39, 0.29) is 6.04 Å². The van der Waals surface area contributed by atoms with Crippen LogP contribution in [0.2, 0.25) is 0 Å². The molecule has 0 radical (unpaired) electrons. The molecular weight excluding hydrogens is 250 g/mol. The molecule has 1 aromatic carbocycles. The summed E-state index contributed by atoms with van der Waals surface area (Å²) in [7, 11) is 3.63. The molecule has 106 valence electrons. The lowest BCUT2D eigenvalue weighted by molar-refractivity contribution is 0.411. The van der Waals surface area contributed by atoms with Crippen LogP contribution >= 0.6 is 0 Å². The van der Waals surface area contributed by atoms with Gasteiger partial charge in [-0.15, -0.1) is 0 Å². The Hall–Kier alpha value is -1.94. The lowest BCUT2D eigenvalue weighted by Gasteiger charge is -2.20. The normalized spacial score (nSPS) is 12.2. The number of nitrogens with one attached hydrogen (secondary N) is 1. The number of hydrogen-bond donors (Lipinski definition) is 1. The average molecular weight is 271 g/mol. The largest absolute Gasteiger partial charge is 0.496 e. The summed E-state index contributed by atoms with van der Waals surface area (Å²) in [5.41, 5.74) is 5.34. The van der Waals surface area contributed by atoms with Gasteiger partial charge in [0.15, 0.2) is 0 Å². The average Bonchev–Trinajstić information content (AvgIpc) is 2.45. The number of aryl methyl sites for hydroxylation is 3. The number of rotatable bonds is 4. The van der Waals surface area contributed by atoms with Gasteiger partial charge < -0.3 is 10.1 Å². The Morgan fingerprint density at radius 1 is 1.05 bits per heavy atom. The standard InChI is InChI=1S/C16H21N3O/c1-10-7-15(20-5)11(2)6-13(10)16(17-4)14-9-18-12(3)8-19-14/h6-9,16-17H,1-5H3. The van der Waals surface area contributed by atoms with Gasteiger partial charge in [-0.05, 0) is 50.6 Å². The maximum absolute atomic E-state index is 5.37. The lowest BCUT2D eigenvalue weighted by Crippen LogP contribution is -2.20. The van der Waals surface area contributed by atoms with Crippen molar-refractivity contribution < 1.29 is 4.74 Å². The van der Waals surface area contributed by atoms with Crippen LogP contribution < -0.4 is 10.1 Å². The van der Waals surface area contributed by atoms with E-state index in [0.717, 1.165) is 22.7 Å². The van der Waals surface area contributed by atoms with E-state index in [0.29, 0.717) is 0 Å². The third kappa shape index (κ3) is 2.80. The Kier molecular flexibility index (Phi) is 4.35. The highest BCUT2D eigenvalue weighted by molar-refractivity contribution is 5.44. The second-order valence-electron chi connectivity index (χ2n) is 4.98. The summed E-state index contributed by atoms with van der Waals surface area (Å²) in [6.45, 7) is 6.08. The third-order valence-electron chi connectivity index (χ3n) is 3.48. The summed E-state index contributed by atoms with van der Waals surface area (Å²) in [4.78, 5) is 8.82. The van der Waals surface area contributed by atoms with Crippen LogP contribution in [0.15, 0.2) is 24.5 Å². The molecule has 1 heterocycles. The zero-order chi connectivity index (χ0) is 14.7. The van der Waals surface area contributed by atoms with Crippen molar-refractivity contribution >= 4 is 0 Å². The molecule has 1 aromatic heterocycles. The van der Waals surface area contributed by atoms with Crippen molar-refractivity contribution in [1.82, 2.24) is 15.3 Å². The topological polar surface area (TPSA) is 47.0 Å². The molecule has 0 fully saturated rings. The van der Waals surface area contributed by atoms with E-state index in [1.54, 1.807) is 13.3 Å². The Morgan fingerprint density at radius 2 is 1.80 bits per heavy atom. The van der Waals surface area contributed by atoms with Gasteiger partial charge in [0.05, 0.1) is 30.7 Å². The Balaban J connectivity index is 2.46. The monoisotopic (exact) mass is 271 g/mol. The van der Waals surface area contributed by atoms with Gasteiger partial charge in [0.1, 0.15) is 5.75 Å². The second-order valence-corrected chi connectivity index (χ2v) is 4.98. The summed E-state index contributed by atoms with van der Waals surface area (Å²) in [5, 5.41) is 3.32. The molecule has 1 N–H and O–H groups in total. The highest BCUT2D eigenvalue weighted by atomic mass is 16.5. The molecule has 0 bridgehead atoms. The fraction of sp³-hybridized carbons (Fsp3) is 0.375. The van der Waals surface area contributed by atoms with Gasteiger partial charge in [-0.2, -0.15) is 0 Å². The molecule has 0 saturated heterocycles. The van der Waals surface area contributed by atoms with Crippen LogP contribution in [-0.2, 0) is 0 Å². The maximum atomic E-state index is 5.37. The van der Waals surface area contributed by atoms with Crippen LogP contribution in [0.3, 0.4) is 0 Å². The van der Waals surface area contributed by atoms with Crippen LogP contribution in [0.4, 0.5) is 0 Å². The van der Waals surface area contributed by atoms with Crippen molar-refractivity contribution in [2.75, 3.05) is 14.2 Å². The molecule has 0 spiro atoms. The minimum absolute atomic E-state index is 0.0349. The smallest absolute Gasteiger partial charge is 0.122 e. The summed E-state index contributed by atoms with van der Waals surface area (Å²) >= 11 is 0. The van der Waals surface area contributed by atoms with Crippen molar-refractivity contribution in [3.63, 3.8) is 0 Å². The van der Waals surface area contributed by atoms with Gasteiger partial charge in [-0.1, -0.05) is 6.07 Å². The molecule has 1 atom stereocenters. The Morgan fingerprint density at radius 3 is 2.35 bits per heavy atom. The van der Waals surface area contributed by atoms with E-state index < -0.39 is 0 Å². The maximum Gasteiger partial charge on any atom is 0.122 e. The summed E-state index contributed by atoms with van der Waals surface area (Å²) in [6.07, 6.45) is 3.63. The fourth-order valence-electron chi connectivity index (χ4n) is 2.36. The quantitative estimate of drug-likeness (QED) is 0.929. The molecule has 20 heavy (non-hydrogen) atoms. The minimum atomic E-state index is 0.0349. The van der Waals surface area contributed by atoms with E-state index >= 15 is 0 Å². The first kappa shape index (κ1) is 14.5. The van der Waals surface area contributed by atoms with Crippen LogP contribution in [0.1, 0.15) is 34.1 Å². The van der Waals surface area contributed by atoms with Gasteiger partial charge in [0.25, 0.3) is 0 Å². The number of ether oxygens (including phenoxy) is 1. The van der Waals surface area contributed by atoms with E-state index in [1.165, 1.54) is 11.1 Å². The first-order valence-corrected chi connectivity index (χ1v) is 6.67. The predicted octanol–water partition coefficient (Wildman–Crippen LogP) is 2.72. The van der Waals surface area contributed by atoms with E-state index in [1.807, 2.05) is 20.2 Å². The molecule has 0 aliphatic carbocycles. The van der Waals surface area contributed by atoms with Gasteiger partial charge >= 0.3 is 0 Å². The second kappa shape index (κ2) is 6.01. The molecule has 0 saturated carbocycles. The van der Waals surface area contributed by atoms with Crippen LogP contribution in [0.5, 0.6) is 5.75 Å². The van der Waals surface area contributed by atoms with Crippen molar-refractivity contribution in [2.24, 2.45) is 0 Å². The predicted molar refractivity (Wildman–Crippen MR) is 80.1 cm³/mol. The first-order valence-electron chi connectivity index (χ1n) is 6.67. The van der Waals surface area contributed by atoms with Crippen molar-refractivity contribution in [3.05, 3.63) is 52.6 Å². The molecular formula is C16H21N3O. The van der Waals surface area contributed by atoms with Gasteiger partial charge in [0, 0.05) is 6.20 Å². The summed E-state index contributed by atoms with van der Waals surface area (Å²) < 4.78 is 5.37.